The molecule has 4 nitrogen and oxygen atoms in total. The zero-order chi connectivity index (χ0) is 12.4. The number of piperazine rings is 1. The summed E-state index contributed by atoms with van der Waals surface area (Å²) in [5, 5.41) is 8.01. The molecule has 1 fully saturated rings. The van der Waals surface area contributed by atoms with E-state index in [0.29, 0.717) is 6.04 Å². The second-order valence-electron chi connectivity index (χ2n) is 4.77. The van der Waals surface area contributed by atoms with Gasteiger partial charge in [0, 0.05) is 39.3 Å². The van der Waals surface area contributed by atoms with Crippen molar-refractivity contribution >= 4 is 15.9 Å². The van der Waals surface area contributed by atoms with Gasteiger partial charge in [-0.3, -0.25) is 9.58 Å². The van der Waals surface area contributed by atoms with Gasteiger partial charge in [0.1, 0.15) is 0 Å². The summed E-state index contributed by atoms with van der Waals surface area (Å²) in [5.74, 6) is 0. The lowest BCUT2D eigenvalue weighted by Gasteiger charge is -2.31. The zero-order valence-electron chi connectivity index (χ0n) is 10.8. The minimum Gasteiger partial charge on any atom is -0.312 e. The average molecular weight is 301 g/mol. The number of nitrogens with zero attached hydrogens (tertiary/aromatic N) is 3. The normalized spacial score (nSPS) is 22.0. The van der Waals surface area contributed by atoms with Gasteiger partial charge in [-0.15, -0.1) is 0 Å². The van der Waals surface area contributed by atoms with Crippen molar-refractivity contribution in [1.82, 2.24) is 20.0 Å². The summed E-state index contributed by atoms with van der Waals surface area (Å²) >= 11 is 3.68. The van der Waals surface area contributed by atoms with Gasteiger partial charge in [0.25, 0.3) is 0 Å². The van der Waals surface area contributed by atoms with Crippen molar-refractivity contribution < 1.29 is 0 Å². The molecule has 0 amide bonds. The lowest BCUT2D eigenvalue weighted by molar-refractivity contribution is 0.195. The molecule has 5 heteroatoms. The number of rotatable bonds is 3. The molecule has 0 aromatic carbocycles. The molecule has 1 saturated heterocycles. The van der Waals surface area contributed by atoms with Gasteiger partial charge in [-0.25, -0.2) is 0 Å². The molecule has 1 aromatic rings. The van der Waals surface area contributed by atoms with Gasteiger partial charge >= 0.3 is 0 Å². The fourth-order valence-corrected chi connectivity index (χ4v) is 3.10. The number of aryl methyl sites for hydroxylation is 2. The molecule has 0 aliphatic carbocycles. The summed E-state index contributed by atoms with van der Waals surface area (Å²) in [5.41, 5.74) is 2.45. The standard InChI is InChI=1S/C12H21BrN4/c1-4-10-12(13)11(16(3)15-10)8-17-6-5-14-9(2)7-17/h9,14H,4-8H2,1-3H3/t9-/m1/s1. The maximum Gasteiger partial charge on any atom is 0.0767 e. The van der Waals surface area contributed by atoms with Crippen molar-refractivity contribution in [3.05, 3.63) is 15.9 Å². The first-order chi connectivity index (χ1) is 8.11. The van der Waals surface area contributed by atoms with Crippen LogP contribution in [0.1, 0.15) is 25.2 Å². The first kappa shape index (κ1) is 13.1. The van der Waals surface area contributed by atoms with Gasteiger partial charge in [0.05, 0.1) is 15.9 Å². The average Bonchev–Trinajstić information content (AvgIpc) is 2.56. The summed E-state index contributed by atoms with van der Waals surface area (Å²) < 4.78 is 3.20. The topological polar surface area (TPSA) is 33.1 Å². The summed E-state index contributed by atoms with van der Waals surface area (Å²) in [6.07, 6.45) is 0.979. The second-order valence-corrected chi connectivity index (χ2v) is 5.57. The summed E-state index contributed by atoms with van der Waals surface area (Å²) in [6, 6.07) is 0.585. The van der Waals surface area contributed by atoms with Crippen molar-refractivity contribution in [3.63, 3.8) is 0 Å². The van der Waals surface area contributed by atoms with Gasteiger partial charge < -0.3 is 5.32 Å². The van der Waals surface area contributed by atoms with Crippen LogP contribution in [-0.2, 0) is 20.0 Å². The van der Waals surface area contributed by atoms with Gasteiger partial charge in [-0.05, 0) is 29.3 Å². The van der Waals surface area contributed by atoms with E-state index < -0.39 is 0 Å². The Morgan fingerprint density at radius 2 is 2.29 bits per heavy atom. The Morgan fingerprint density at radius 1 is 1.53 bits per heavy atom. The first-order valence-corrected chi connectivity index (χ1v) is 7.07. The second kappa shape index (κ2) is 5.50. The molecule has 0 bridgehead atoms. The van der Waals surface area contributed by atoms with Crippen molar-refractivity contribution in [2.24, 2.45) is 7.05 Å². The number of hydrogen-bond donors (Lipinski definition) is 1. The Balaban J connectivity index is 2.10. The maximum atomic E-state index is 4.54. The third-order valence-electron chi connectivity index (χ3n) is 3.33. The highest BCUT2D eigenvalue weighted by atomic mass is 79.9. The Kier molecular flexibility index (Phi) is 4.22. The Bertz CT molecular complexity index is 388. The molecule has 1 aliphatic heterocycles. The predicted molar refractivity (Wildman–Crippen MR) is 73.0 cm³/mol. The summed E-state index contributed by atoms with van der Waals surface area (Å²) in [6.45, 7) is 8.67. The molecular weight excluding hydrogens is 280 g/mol. The molecule has 1 aliphatic rings. The van der Waals surface area contributed by atoms with E-state index in [2.05, 4.69) is 45.1 Å². The van der Waals surface area contributed by atoms with Crippen LogP contribution >= 0.6 is 15.9 Å². The highest BCUT2D eigenvalue weighted by Crippen LogP contribution is 2.23. The van der Waals surface area contributed by atoms with Crippen LogP contribution in [0.4, 0.5) is 0 Å². The van der Waals surface area contributed by atoms with Crippen LogP contribution in [0.2, 0.25) is 0 Å². The minimum atomic E-state index is 0.585. The highest BCUT2D eigenvalue weighted by molar-refractivity contribution is 9.10. The molecular formula is C12H21BrN4. The van der Waals surface area contributed by atoms with E-state index in [1.54, 1.807) is 0 Å². The largest absolute Gasteiger partial charge is 0.312 e. The van der Waals surface area contributed by atoms with E-state index >= 15 is 0 Å². The zero-order valence-corrected chi connectivity index (χ0v) is 12.4. The van der Waals surface area contributed by atoms with Crippen molar-refractivity contribution in [2.75, 3.05) is 19.6 Å². The molecule has 2 heterocycles. The van der Waals surface area contributed by atoms with Crippen LogP contribution < -0.4 is 5.32 Å². The summed E-state index contributed by atoms with van der Waals surface area (Å²) in [7, 11) is 2.03. The number of aromatic nitrogens is 2. The lowest BCUT2D eigenvalue weighted by atomic mass is 10.2. The van der Waals surface area contributed by atoms with Gasteiger partial charge in [-0.2, -0.15) is 5.10 Å². The third-order valence-corrected chi connectivity index (χ3v) is 4.24. The highest BCUT2D eigenvalue weighted by Gasteiger charge is 2.19. The Hall–Kier alpha value is -0.390. The van der Waals surface area contributed by atoms with Gasteiger partial charge in [0.2, 0.25) is 0 Å². The van der Waals surface area contributed by atoms with Crippen LogP contribution in [0.3, 0.4) is 0 Å². The fraction of sp³-hybridized carbons (Fsp3) is 0.750. The Morgan fingerprint density at radius 3 is 2.88 bits per heavy atom. The van der Waals surface area contributed by atoms with E-state index in [1.165, 1.54) is 10.2 Å². The van der Waals surface area contributed by atoms with Gasteiger partial charge in [0.15, 0.2) is 0 Å². The summed E-state index contributed by atoms with van der Waals surface area (Å²) in [4.78, 5) is 2.49. The van der Waals surface area contributed by atoms with Crippen LogP contribution in [-0.4, -0.2) is 40.4 Å². The molecule has 0 radical (unpaired) electrons. The molecule has 1 aromatic heterocycles. The van der Waals surface area contributed by atoms with E-state index in [1.807, 2.05) is 11.7 Å². The smallest absolute Gasteiger partial charge is 0.0767 e. The molecule has 2 rings (SSSR count). The van der Waals surface area contributed by atoms with Gasteiger partial charge in [-0.1, -0.05) is 6.92 Å². The molecule has 0 saturated carbocycles. The minimum absolute atomic E-state index is 0.585. The molecule has 1 N–H and O–H groups in total. The van der Waals surface area contributed by atoms with E-state index in [0.717, 1.165) is 38.3 Å². The van der Waals surface area contributed by atoms with Crippen molar-refractivity contribution in [2.45, 2.75) is 32.9 Å². The molecule has 96 valence electrons. The quantitative estimate of drug-likeness (QED) is 0.919. The van der Waals surface area contributed by atoms with Crippen molar-refractivity contribution in [3.8, 4) is 0 Å². The van der Waals surface area contributed by atoms with E-state index in [4.69, 9.17) is 0 Å². The predicted octanol–water partition coefficient (Wildman–Crippen LogP) is 1.54. The van der Waals surface area contributed by atoms with Crippen LogP contribution in [0.25, 0.3) is 0 Å². The fourth-order valence-electron chi connectivity index (χ4n) is 2.36. The van der Waals surface area contributed by atoms with Crippen LogP contribution in [0, 0.1) is 0 Å². The molecule has 17 heavy (non-hydrogen) atoms. The van der Waals surface area contributed by atoms with Crippen molar-refractivity contribution in [1.29, 1.82) is 0 Å². The van der Waals surface area contributed by atoms with Crippen LogP contribution in [0.15, 0.2) is 4.47 Å². The third kappa shape index (κ3) is 2.89. The number of nitrogens with one attached hydrogen (secondary N) is 1. The molecule has 0 spiro atoms. The monoisotopic (exact) mass is 300 g/mol. The van der Waals surface area contributed by atoms with E-state index in [-0.39, 0.29) is 0 Å². The number of hydrogen-bond acceptors (Lipinski definition) is 3. The Labute approximate surface area is 111 Å². The SMILES string of the molecule is CCc1nn(C)c(CN2CCN[C@H](C)C2)c1Br. The van der Waals surface area contributed by atoms with Crippen LogP contribution in [0.5, 0.6) is 0 Å². The number of halogens is 1. The first-order valence-electron chi connectivity index (χ1n) is 6.27. The lowest BCUT2D eigenvalue weighted by Crippen LogP contribution is -2.48. The maximum absolute atomic E-state index is 4.54. The molecule has 0 unspecified atom stereocenters. The molecule has 1 atom stereocenters. The van der Waals surface area contributed by atoms with E-state index in [9.17, 15) is 0 Å².